The summed E-state index contributed by atoms with van der Waals surface area (Å²) in [5.74, 6) is -0.986. The Morgan fingerprint density at radius 1 is 1.08 bits per heavy atom. The van der Waals surface area contributed by atoms with Crippen LogP contribution in [0.15, 0.2) is 66.7 Å². The second kappa shape index (κ2) is 12.2. The zero-order valence-electron chi connectivity index (χ0n) is 21.0. The van der Waals surface area contributed by atoms with Crippen LogP contribution in [0.3, 0.4) is 0 Å². The molecule has 37 heavy (non-hydrogen) atoms. The number of hydrogen-bond acceptors (Lipinski definition) is 5. The highest BCUT2D eigenvalue weighted by molar-refractivity contribution is 5.98. The topological polar surface area (TPSA) is 99.5 Å². The number of carbonyl (C=O) groups excluding carboxylic acids is 3. The Kier molecular flexibility index (Phi) is 8.52. The summed E-state index contributed by atoms with van der Waals surface area (Å²) in [7, 11) is 1.33. The van der Waals surface area contributed by atoms with Gasteiger partial charge in [0, 0.05) is 24.7 Å². The summed E-state index contributed by atoms with van der Waals surface area (Å²) in [6.07, 6.45) is 2.94. The van der Waals surface area contributed by atoms with E-state index in [0.717, 1.165) is 23.6 Å². The van der Waals surface area contributed by atoms with E-state index in [4.69, 9.17) is 10.00 Å². The molecule has 2 atom stereocenters. The molecular formula is C30H31N3O4. The fourth-order valence-corrected chi connectivity index (χ4v) is 5.00. The van der Waals surface area contributed by atoms with E-state index < -0.39 is 0 Å². The first kappa shape index (κ1) is 25.9. The van der Waals surface area contributed by atoms with Gasteiger partial charge in [-0.2, -0.15) is 5.26 Å². The molecule has 1 fully saturated rings. The fraction of sp³-hybridized carbons (Fsp3) is 0.333. The molecule has 1 saturated heterocycles. The summed E-state index contributed by atoms with van der Waals surface area (Å²) in [6, 6.07) is 23.0. The number of ether oxygens (including phenoxy) is 1. The maximum Gasteiger partial charge on any atom is 0.306 e. The molecule has 0 saturated carbocycles. The van der Waals surface area contributed by atoms with Gasteiger partial charge in [0.15, 0.2) is 0 Å². The zero-order chi connectivity index (χ0) is 26.2. The standard InChI is InChI=1S/C30H31N3O4/c1-37-28(34)19-26-18-27(33(30(26)36)15-5-8-21-6-3-2-4-7-21)13-14-32-29(35)24-12-11-23-10-9-22(20-31)16-25(23)17-24/h2-4,6-7,9-12,16-17,26-27H,5,8,13-15,18-19H2,1H3,(H,32,35)/t26-,27+/m0/s1. The minimum Gasteiger partial charge on any atom is -0.469 e. The lowest BCUT2D eigenvalue weighted by Crippen LogP contribution is -2.37. The number of methoxy groups -OCH3 is 1. The average molecular weight is 498 g/mol. The van der Waals surface area contributed by atoms with Gasteiger partial charge in [-0.15, -0.1) is 0 Å². The Bertz CT molecular complexity index is 1320. The van der Waals surface area contributed by atoms with E-state index in [1.807, 2.05) is 35.2 Å². The molecule has 7 nitrogen and oxygen atoms in total. The molecule has 2 amide bonds. The number of amides is 2. The minimum absolute atomic E-state index is 0.0161. The Morgan fingerprint density at radius 3 is 2.62 bits per heavy atom. The van der Waals surface area contributed by atoms with Crippen LogP contribution in [0.2, 0.25) is 0 Å². The summed E-state index contributed by atoms with van der Waals surface area (Å²) < 4.78 is 4.79. The number of nitriles is 1. The van der Waals surface area contributed by atoms with Gasteiger partial charge in [-0.25, -0.2) is 0 Å². The largest absolute Gasteiger partial charge is 0.469 e. The number of carbonyl (C=O) groups is 3. The van der Waals surface area contributed by atoms with Gasteiger partial charge in [0.1, 0.15) is 0 Å². The van der Waals surface area contributed by atoms with E-state index in [1.54, 1.807) is 24.3 Å². The predicted molar refractivity (Wildman–Crippen MR) is 141 cm³/mol. The monoisotopic (exact) mass is 497 g/mol. The number of hydrogen-bond donors (Lipinski definition) is 1. The smallest absolute Gasteiger partial charge is 0.306 e. The first-order valence-corrected chi connectivity index (χ1v) is 12.6. The van der Waals surface area contributed by atoms with Crippen molar-refractivity contribution < 1.29 is 19.1 Å². The highest BCUT2D eigenvalue weighted by Crippen LogP contribution is 2.30. The quantitative estimate of drug-likeness (QED) is 0.422. The van der Waals surface area contributed by atoms with E-state index in [0.29, 0.717) is 37.1 Å². The molecule has 1 N–H and O–H groups in total. The van der Waals surface area contributed by atoms with Crippen LogP contribution in [0, 0.1) is 17.2 Å². The van der Waals surface area contributed by atoms with Crippen LogP contribution in [0.5, 0.6) is 0 Å². The van der Waals surface area contributed by atoms with Crippen molar-refractivity contribution in [3.8, 4) is 6.07 Å². The first-order chi connectivity index (χ1) is 18.0. The molecule has 190 valence electrons. The molecular weight excluding hydrogens is 466 g/mol. The highest BCUT2D eigenvalue weighted by atomic mass is 16.5. The molecule has 0 radical (unpaired) electrons. The molecule has 3 aromatic carbocycles. The van der Waals surface area contributed by atoms with Crippen LogP contribution in [-0.2, 0) is 20.7 Å². The van der Waals surface area contributed by atoms with Gasteiger partial charge in [0.25, 0.3) is 5.91 Å². The summed E-state index contributed by atoms with van der Waals surface area (Å²) in [5.41, 5.74) is 2.29. The maximum atomic E-state index is 13.1. The summed E-state index contributed by atoms with van der Waals surface area (Å²) in [4.78, 5) is 39.7. The normalized spacial score (nSPS) is 17.0. The lowest BCUT2D eigenvalue weighted by Gasteiger charge is -2.25. The second-order valence-corrected chi connectivity index (χ2v) is 9.42. The molecule has 0 aliphatic carbocycles. The van der Waals surface area contributed by atoms with Crippen LogP contribution in [0.4, 0.5) is 0 Å². The Labute approximate surface area is 217 Å². The third-order valence-corrected chi connectivity index (χ3v) is 6.97. The maximum absolute atomic E-state index is 13.1. The number of likely N-dealkylation sites (tertiary alicyclic amines) is 1. The van der Waals surface area contributed by atoms with Crippen molar-refractivity contribution in [2.75, 3.05) is 20.2 Å². The molecule has 0 aromatic heterocycles. The number of nitrogens with zero attached hydrogens (tertiary/aromatic N) is 2. The lowest BCUT2D eigenvalue weighted by atomic mass is 10.00. The van der Waals surface area contributed by atoms with Crippen LogP contribution < -0.4 is 5.32 Å². The van der Waals surface area contributed by atoms with Crippen LogP contribution in [0.1, 0.15) is 47.2 Å². The number of aryl methyl sites for hydroxylation is 1. The molecule has 7 heteroatoms. The number of benzene rings is 3. The van der Waals surface area contributed by atoms with Crippen LogP contribution >= 0.6 is 0 Å². The van der Waals surface area contributed by atoms with Gasteiger partial charge in [-0.1, -0.05) is 42.5 Å². The summed E-state index contributed by atoms with van der Waals surface area (Å²) in [5, 5.41) is 13.9. The van der Waals surface area contributed by atoms with Gasteiger partial charge in [-0.05, 0) is 66.3 Å². The lowest BCUT2D eigenvalue weighted by molar-refractivity contribution is -0.144. The number of rotatable bonds is 10. The van der Waals surface area contributed by atoms with Gasteiger partial charge in [0.2, 0.25) is 5.91 Å². The van der Waals surface area contributed by atoms with Crippen molar-refractivity contribution in [3.05, 3.63) is 83.4 Å². The molecule has 1 aliphatic heterocycles. The van der Waals surface area contributed by atoms with E-state index in [-0.39, 0.29) is 36.2 Å². The molecule has 1 aliphatic rings. The minimum atomic E-state index is -0.389. The third-order valence-electron chi connectivity index (χ3n) is 6.97. The van der Waals surface area contributed by atoms with Gasteiger partial charge in [0.05, 0.1) is 31.1 Å². The number of fused-ring (bicyclic) bond motifs is 1. The number of esters is 1. The van der Waals surface area contributed by atoms with Crippen molar-refractivity contribution in [2.24, 2.45) is 5.92 Å². The van der Waals surface area contributed by atoms with Gasteiger partial charge >= 0.3 is 5.97 Å². The van der Waals surface area contributed by atoms with E-state index in [9.17, 15) is 14.4 Å². The van der Waals surface area contributed by atoms with Crippen molar-refractivity contribution in [2.45, 2.75) is 38.1 Å². The van der Waals surface area contributed by atoms with E-state index in [1.165, 1.54) is 12.7 Å². The fourth-order valence-electron chi connectivity index (χ4n) is 5.00. The summed E-state index contributed by atoms with van der Waals surface area (Å²) >= 11 is 0. The molecule has 4 rings (SSSR count). The zero-order valence-corrected chi connectivity index (χ0v) is 21.0. The van der Waals surface area contributed by atoms with E-state index in [2.05, 4.69) is 23.5 Å². The van der Waals surface area contributed by atoms with Crippen molar-refractivity contribution >= 4 is 28.6 Å². The molecule has 0 unspecified atom stereocenters. The Morgan fingerprint density at radius 2 is 1.86 bits per heavy atom. The van der Waals surface area contributed by atoms with Crippen molar-refractivity contribution in [1.82, 2.24) is 10.2 Å². The molecule has 0 bridgehead atoms. The Hall–Kier alpha value is -4.18. The predicted octanol–water partition coefficient (Wildman–Crippen LogP) is 4.24. The average Bonchev–Trinajstić information content (AvgIpc) is 3.21. The summed E-state index contributed by atoms with van der Waals surface area (Å²) in [6.45, 7) is 1.02. The van der Waals surface area contributed by atoms with Gasteiger partial charge < -0.3 is 15.0 Å². The van der Waals surface area contributed by atoms with Crippen LogP contribution in [0.25, 0.3) is 10.8 Å². The van der Waals surface area contributed by atoms with E-state index >= 15 is 0 Å². The van der Waals surface area contributed by atoms with Gasteiger partial charge in [-0.3, -0.25) is 14.4 Å². The van der Waals surface area contributed by atoms with Crippen molar-refractivity contribution in [3.63, 3.8) is 0 Å². The number of nitrogens with one attached hydrogen (secondary N) is 1. The molecule has 1 heterocycles. The molecule has 3 aromatic rings. The SMILES string of the molecule is COC(=O)C[C@@H]1C[C@@H](CCNC(=O)c2ccc3ccc(C#N)cc3c2)N(CCCc2ccccc2)C1=O. The van der Waals surface area contributed by atoms with Crippen molar-refractivity contribution in [1.29, 1.82) is 5.26 Å². The Balaban J connectivity index is 1.37. The molecule has 0 spiro atoms. The van der Waals surface area contributed by atoms with Crippen LogP contribution in [-0.4, -0.2) is 48.9 Å². The first-order valence-electron chi connectivity index (χ1n) is 12.6. The highest BCUT2D eigenvalue weighted by Gasteiger charge is 2.39. The third kappa shape index (κ3) is 6.53. The second-order valence-electron chi connectivity index (χ2n) is 9.42.